The Hall–Kier alpha value is -0.960. The first kappa shape index (κ1) is 9.13. The third-order valence-electron chi connectivity index (χ3n) is 1.29. The third-order valence-corrected chi connectivity index (χ3v) is 1.51. The van der Waals surface area contributed by atoms with E-state index >= 15 is 0 Å². The van der Waals surface area contributed by atoms with Gasteiger partial charge in [-0.15, -0.1) is 0 Å². The highest BCUT2D eigenvalue weighted by atomic mass is 32.1. The average molecular weight is 182 g/mol. The first-order chi connectivity index (χ1) is 5.83. The van der Waals surface area contributed by atoms with Gasteiger partial charge in [0.05, 0.1) is 6.42 Å². The molecule has 1 aromatic rings. The molecule has 0 heterocycles. The predicted octanol–water partition coefficient (Wildman–Crippen LogP) is 1.91. The van der Waals surface area contributed by atoms with Gasteiger partial charge in [-0.05, 0) is 12.1 Å². The summed E-state index contributed by atoms with van der Waals surface area (Å²) in [6.07, 6.45) is 0.345. The van der Waals surface area contributed by atoms with Crippen LogP contribution in [0.1, 0.15) is 6.42 Å². The molecular formula is C9H10O2S. The molecule has 0 radical (unpaired) electrons. The monoisotopic (exact) mass is 182 g/mol. The summed E-state index contributed by atoms with van der Waals surface area (Å²) in [7, 11) is 0. The summed E-state index contributed by atoms with van der Waals surface area (Å²) < 4.78 is 4.97. The molecule has 0 aliphatic carbocycles. The summed E-state index contributed by atoms with van der Waals surface area (Å²) in [5.41, 5.74) is 0. The zero-order chi connectivity index (χ0) is 8.81. The van der Waals surface area contributed by atoms with Gasteiger partial charge in [0.25, 0.3) is 0 Å². The van der Waals surface area contributed by atoms with Crippen molar-refractivity contribution in [3.05, 3.63) is 30.3 Å². The number of ether oxygens (including phenoxy) is 1. The molecule has 0 N–H and O–H groups in total. The van der Waals surface area contributed by atoms with Gasteiger partial charge < -0.3 is 4.74 Å². The van der Waals surface area contributed by atoms with E-state index in [4.69, 9.17) is 4.74 Å². The Morgan fingerprint density at radius 2 is 2.00 bits per heavy atom. The van der Waals surface area contributed by atoms with Gasteiger partial charge in [-0.2, -0.15) is 12.6 Å². The third kappa shape index (κ3) is 2.96. The van der Waals surface area contributed by atoms with Gasteiger partial charge in [0, 0.05) is 5.75 Å². The van der Waals surface area contributed by atoms with Gasteiger partial charge in [0.15, 0.2) is 0 Å². The zero-order valence-corrected chi connectivity index (χ0v) is 7.46. The van der Waals surface area contributed by atoms with E-state index in [1.54, 1.807) is 12.1 Å². The summed E-state index contributed by atoms with van der Waals surface area (Å²) in [6.45, 7) is 0. The molecule has 0 aliphatic rings. The fraction of sp³-hybridized carbons (Fsp3) is 0.222. The number of rotatable bonds is 3. The van der Waals surface area contributed by atoms with Crippen LogP contribution in [0.15, 0.2) is 30.3 Å². The second kappa shape index (κ2) is 4.83. The van der Waals surface area contributed by atoms with E-state index < -0.39 is 0 Å². The Labute approximate surface area is 77.0 Å². The Kier molecular flexibility index (Phi) is 3.67. The highest BCUT2D eigenvalue weighted by Crippen LogP contribution is 2.08. The molecule has 64 valence electrons. The van der Waals surface area contributed by atoms with Crippen molar-refractivity contribution in [3.63, 3.8) is 0 Å². The van der Waals surface area contributed by atoms with Gasteiger partial charge in [-0.1, -0.05) is 18.2 Å². The smallest absolute Gasteiger partial charge is 0.312 e. The lowest BCUT2D eigenvalue weighted by Crippen LogP contribution is -2.07. The topological polar surface area (TPSA) is 26.3 Å². The fourth-order valence-electron chi connectivity index (χ4n) is 0.762. The zero-order valence-electron chi connectivity index (χ0n) is 6.56. The van der Waals surface area contributed by atoms with E-state index in [0.29, 0.717) is 17.9 Å². The number of thiol groups is 1. The van der Waals surface area contributed by atoms with Gasteiger partial charge in [-0.25, -0.2) is 0 Å². The van der Waals surface area contributed by atoms with Gasteiger partial charge in [0.1, 0.15) is 5.75 Å². The van der Waals surface area contributed by atoms with Gasteiger partial charge >= 0.3 is 5.97 Å². The summed E-state index contributed by atoms with van der Waals surface area (Å²) >= 11 is 3.93. The van der Waals surface area contributed by atoms with E-state index in [-0.39, 0.29) is 5.97 Å². The number of hydrogen-bond donors (Lipinski definition) is 1. The molecular weight excluding hydrogens is 172 g/mol. The van der Waals surface area contributed by atoms with Crippen LogP contribution in [0.2, 0.25) is 0 Å². The van der Waals surface area contributed by atoms with E-state index in [0.717, 1.165) is 0 Å². The molecule has 0 aliphatic heterocycles. The second-order valence-electron chi connectivity index (χ2n) is 2.26. The van der Waals surface area contributed by atoms with Crippen LogP contribution in [0, 0.1) is 0 Å². The van der Waals surface area contributed by atoms with Crippen molar-refractivity contribution >= 4 is 18.6 Å². The van der Waals surface area contributed by atoms with Crippen LogP contribution in [0.25, 0.3) is 0 Å². The summed E-state index contributed by atoms with van der Waals surface area (Å²) in [6, 6.07) is 9.01. The van der Waals surface area contributed by atoms with Crippen molar-refractivity contribution in [1.82, 2.24) is 0 Å². The predicted molar refractivity (Wildman–Crippen MR) is 50.5 cm³/mol. The van der Waals surface area contributed by atoms with E-state index in [1.165, 1.54) is 0 Å². The average Bonchev–Trinajstić information content (AvgIpc) is 2.06. The van der Waals surface area contributed by atoms with Crippen LogP contribution in [0.4, 0.5) is 0 Å². The maximum atomic E-state index is 10.9. The summed E-state index contributed by atoms with van der Waals surface area (Å²) in [4.78, 5) is 10.9. The molecule has 2 nitrogen and oxygen atoms in total. The number of carbonyl (C=O) groups excluding carboxylic acids is 1. The number of carbonyl (C=O) groups is 1. The maximum absolute atomic E-state index is 10.9. The lowest BCUT2D eigenvalue weighted by molar-refractivity contribution is -0.133. The van der Waals surface area contributed by atoms with Crippen LogP contribution in [-0.4, -0.2) is 11.7 Å². The molecule has 0 spiro atoms. The van der Waals surface area contributed by atoms with Gasteiger partial charge in [-0.3, -0.25) is 4.79 Å². The quantitative estimate of drug-likeness (QED) is 0.439. The Morgan fingerprint density at radius 3 is 2.58 bits per heavy atom. The van der Waals surface area contributed by atoms with Crippen LogP contribution in [0.3, 0.4) is 0 Å². The summed E-state index contributed by atoms with van der Waals surface area (Å²) in [5.74, 6) is 0.867. The molecule has 0 unspecified atom stereocenters. The lowest BCUT2D eigenvalue weighted by atomic mass is 10.3. The van der Waals surface area contributed by atoms with E-state index in [9.17, 15) is 4.79 Å². The normalized spacial score (nSPS) is 9.42. The van der Waals surface area contributed by atoms with Crippen LogP contribution >= 0.6 is 12.6 Å². The van der Waals surface area contributed by atoms with Crippen molar-refractivity contribution in [3.8, 4) is 5.75 Å². The van der Waals surface area contributed by atoms with E-state index in [1.807, 2.05) is 18.2 Å². The van der Waals surface area contributed by atoms with Gasteiger partial charge in [0.2, 0.25) is 0 Å². The minimum Gasteiger partial charge on any atom is -0.427 e. The van der Waals surface area contributed by atoms with Crippen molar-refractivity contribution < 1.29 is 9.53 Å². The Balaban J connectivity index is 2.47. The fourth-order valence-corrected chi connectivity index (χ4v) is 0.945. The van der Waals surface area contributed by atoms with Crippen LogP contribution in [0.5, 0.6) is 5.75 Å². The van der Waals surface area contributed by atoms with Crippen LogP contribution < -0.4 is 4.74 Å². The Bertz CT molecular complexity index is 246. The lowest BCUT2D eigenvalue weighted by Gasteiger charge is -2.01. The number of benzene rings is 1. The van der Waals surface area contributed by atoms with Crippen molar-refractivity contribution in [2.75, 3.05) is 5.75 Å². The van der Waals surface area contributed by atoms with Crippen LogP contribution in [-0.2, 0) is 4.79 Å². The number of esters is 1. The number of para-hydroxylation sites is 1. The molecule has 0 atom stereocenters. The van der Waals surface area contributed by atoms with Crippen molar-refractivity contribution in [2.24, 2.45) is 0 Å². The number of hydrogen-bond acceptors (Lipinski definition) is 3. The molecule has 0 amide bonds. The largest absolute Gasteiger partial charge is 0.427 e. The summed E-state index contributed by atoms with van der Waals surface area (Å²) in [5, 5.41) is 0. The molecule has 0 saturated heterocycles. The molecule has 1 aromatic carbocycles. The molecule has 0 fully saturated rings. The first-order valence-corrected chi connectivity index (χ1v) is 4.33. The second-order valence-corrected chi connectivity index (χ2v) is 2.71. The first-order valence-electron chi connectivity index (χ1n) is 3.69. The molecule has 0 aromatic heterocycles. The minimum absolute atomic E-state index is 0.240. The maximum Gasteiger partial charge on any atom is 0.312 e. The van der Waals surface area contributed by atoms with E-state index in [2.05, 4.69) is 12.6 Å². The minimum atomic E-state index is -0.240. The highest BCUT2D eigenvalue weighted by molar-refractivity contribution is 7.80. The standard InChI is InChI=1S/C9H10O2S/c10-9(6-7-12)11-8-4-2-1-3-5-8/h1-5,12H,6-7H2. The molecule has 3 heteroatoms. The molecule has 0 bridgehead atoms. The van der Waals surface area contributed by atoms with Crippen molar-refractivity contribution in [2.45, 2.75) is 6.42 Å². The highest BCUT2D eigenvalue weighted by Gasteiger charge is 2.01. The Morgan fingerprint density at radius 1 is 1.33 bits per heavy atom. The van der Waals surface area contributed by atoms with Crippen molar-refractivity contribution in [1.29, 1.82) is 0 Å². The molecule has 1 rings (SSSR count). The SMILES string of the molecule is O=C(CCS)Oc1ccccc1. The molecule has 12 heavy (non-hydrogen) atoms. The molecule has 0 saturated carbocycles.